The number of aliphatic carboxylic acids is 1. The highest BCUT2D eigenvalue weighted by molar-refractivity contribution is 7.99. The van der Waals surface area contributed by atoms with Gasteiger partial charge in [-0.3, -0.25) is 9.69 Å². The normalized spacial score (nSPS) is 17.9. The fourth-order valence-corrected chi connectivity index (χ4v) is 3.28. The highest BCUT2D eigenvalue weighted by Gasteiger charge is 2.28. The van der Waals surface area contributed by atoms with Gasteiger partial charge in [-0.05, 0) is 31.5 Å². The van der Waals surface area contributed by atoms with E-state index in [1.165, 1.54) is 0 Å². The average Bonchev–Trinajstić information content (AvgIpc) is 2.41. The van der Waals surface area contributed by atoms with Crippen molar-refractivity contribution < 1.29 is 14.6 Å². The Bertz CT molecular complexity index is 441. The van der Waals surface area contributed by atoms with Gasteiger partial charge in [0.15, 0.2) is 0 Å². The van der Waals surface area contributed by atoms with Crippen LogP contribution >= 0.6 is 11.8 Å². The molecule has 1 aliphatic rings. The number of carbonyl (C=O) groups is 1. The first-order valence-electron chi connectivity index (χ1n) is 6.89. The van der Waals surface area contributed by atoms with Crippen LogP contribution in [-0.4, -0.2) is 46.7 Å². The maximum absolute atomic E-state index is 11.6. The Balaban J connectivity index is 2.14. The minimum absolute atomic E-state index is 0.121. The molecule has 0 amide bonds. The number of nitrogens with zero attached hydrogens (tertiary/aromatic N) is 1. The molecule has 0 saturated carbocycles. The molecule has 5 heteroatoms. The van der Waals surface area contributed by atoms with E-state index in [2.05, 4.69) is 0 Å². The first-order chi connectivity index (χ1) is 9.58. The van der Waals surface area contributed by atoms with Crippen molar-refractivity contribution >= 4 is 17.7 Å². The molecular formula is C15H21NO3S. The Hall–Kier alpha value is -1.20. The van der Waals surface area contributed by atoms with Gasteiger partial charge >= 0.3 is 5.97 Å². The summed E-state index contributed by atoms with van der Waals surface area (Å²) in [5, 5.41) is 9.51. The maximum Gasteiger partial charge on any atom is 0.325 e. The number of ether oxygens (including phenoxy) is 1. The lowest BCUT2D eigenvalue weighted by atomic mass is 10.1. The van der Waals surface area contributed by atoms with Crippen LogP contribution < -0.4 is 4.74 Å². The standard InChI is InChI=1S/C15H21NO3S/c1-11(2)19-13-5-3-12(4-6-13)14(15(17)18)16-7-9-20-10-8-16/h3-6,11,14H,7-10H2,1-2H3,(H,17,18). The summed E-state index contributed by atoms with van der Waals surface area (Å²) in [4.78, 5) is 13.6. The van der Waals surface area contributed by atoms with Crippen molar-refractivity contribution in [2.45, 2.75) is 26.0 Å². The molecule has 4 nitrogen and oxygen atoms in total. The van der Waals surface area contributed by atoms with E-state index in [0.717, 1.165) is 35.9 Å². The predicted molar refractivity (Wildman–Crippen MR) is 81.5 cm³/mol. The van der Waals surface area contributed by atoms with E-state index in [1.807, 2.05) is 54.8 Å². The minimum atomic E-state index is -0.783. The van der Waals surface area contributed by atoms with Gasteiger partial charge in [0.1, 0.15) is 11.8 Å². The molecule has 20 heavy (non-hydrogen) atoms. The minimum Gasteiger partial charge on any atom is -0.491 e. The van der Waals surface area contributed by atoms with Gasteiger partial charge in [-0.2, -0.15) is 11.8 Å². The molecule has 1 N–H and O–H groups in total. The van der Waals surface area contributed by atoms with Crippen LogP contribution in [0.2, 0.25) is 0 Å². The second-order valence-electron chi connectivity index (χ2n) is 5.12. The Labute approximate surface area is 124 Å². The summed E-state index contributed by atoms with van der Waals surface area (Å²) in [6.07, 6.45) is 0.121. The van der Waals surface area contributed by atoms with Crippen molar-refractivity contribution in [2.24, 2.45) is 0 Å². The van der Waals surface area contributed by atoms with Gasteiger partial charge in [-0.25, -0.2) is 0 Å². The summed E-state index contributed by atoms with van der Waals surface area (Å²) in [7, 11) is 0. The van der Waals surface area contributed by atoms with E-state index >= 15 is 0 Å². The zero-order valence-electron chi connectivity index (χ0n) is 11.9. The number of hydrogen-bond acceptors (Lipinski definition) is 4. The highest BCUT2D eigenvalue weighted by atomic mass is 32.2. The molecule has 1 unspecified atom stereocenters. The fourth-order valence-electron chi connectivity index (χ4n) is 2.35. The molecule has 1 atom stereocenters. The van der Waals surface area contributed by atoms with Crippen LogP contribution in [0.4, 0.5) is 0 Å². The molecular weight excluding hydrogens is 274 g/mol. The van der Waals surface area contributed by atoms with Crippen molar-refractivity contribution in [3.63, 3.8) is 0 Å². The summed E-state index contributed by atoms with van der Waals surface area (Å²) >= 11 is 1.88. The van der Waals surface area contributed by atoms with E-state index < -0.39 is 12.0 Å². The van der Waals surface area contributed by atoms with Crippen LogP contribution in [0.3, 0.4) is 0 Å². The molecule has 0 aromatic heterocycles. The number of carboxylic acid groups (broad SMARTS) is 1. The third kappa shape index (κ3) is 3.90. The van der Waals surface area contributed by atoms with Gasteiger partial charge in [0.05, 0.1) is 6.10 Å². The van der Waals surface area contributed by atoms with Crippen LogP contribution in [0.1, 0.15) is 25.5 Å². The van der Waals surface area contributed by atoms with E-state index in [1.54, 1.807) is 0 Å². The van der Waals surface area contributed by atoms with E-state index in [0.29, 0.717) is 0 Å². The van der Waals surface area contributed by atoms with Crippen molar-refractivity contribution in [1.29, 1.82) is 0 Å². The van der Waals surface area contributed by atoms with Gasteiger partial charge in [0, 0.05) is 24.6 Å². The number of thioether (sulfide) groups is 1. The molecule has 1 aliphatic heterocycles. The third-order valence-electron chi connectivity index (χ3n) is 3.21. The van der Waals surface area contributed by atoms with Crippen LogP contribution in [0, 0.1) is 0 Å². The molecule has 1 aromatic rings. The monoisotopic (exact) mass is 295 g/mol. The molecule has 0 bridgehead atoms. The Morgan fingerprint density at radius 2 is 1.85 bits per heavy atom. The van der Waals surface area contributed by atoms with Crippen LogP contribution in [0.25, 0.3) is 0 Å². The average molecular weight is 295 g/mol. The fraction of sp³-hybridized carbons (Fsp3) is 0.533. The quantitative estimate of drug-likeness (QED) is 0.905. The number of hydrogen-bond donors (Lipinski definition) is 1. The first-order valence-corrected chi connectivity index (χ1v) is 8.04. The number of carboxylic acids is 1. The maximum atomic E-state index is 11.6. The lowest BCUT2D eigenvalue weighted by Gasteiger charge is -2.32. The second kappa shape index (κ2) is 6.99. The van der Waals surface area contributed by atoms with Gasteiger partial charge in [0.25, 0.3) is 0 Å². The summed E-state index contributed by atoms with van der Waals surface area (Å²) in [5.74, 6) is 1.99. The molecule has 0 spiro atoms. The zero-order chi connectivity index (χ0) is 14.5. The predicted octanol–water partition coefficient (Wildman–Crippen LogP) is 2.65. The van der Waals surface area contributed by atoms with Gasteiger partial charge in [-0.1, -0.05) is 12.1 Å². The smallest absolute Gasteiger partial charge is 0.325 e. The largest absolute Gasteiger partial charge is 0.491 e. The molecule has 0 radical (unpaired) electrons. The zero-order valence-corrected chi connectivity index (χ0v) is 12.7. The molecule has 1 fully saturated rings. The van der Waals surface area contributed by atoms with Crippen molar-refractivity contribution in [2.75, 3.05) is 24.6 Å². The summed E-state index contributed by atoms with van der Waals surface area (Å²) in [6.45, 7) is 5.59. The summed E-state index contributed by atoms with van der Waals surface area (Å²) < 4.78 is 5.59. The lowest BCUT2D eigenvalue weighted by Crippen LogP contribution is -2.39. The molecule has 0 aliphatic carbocycles. The molecule has 2 rings (SSSR count). The van der Waals surface area contributed by atoms with Crippen LogP contribution in [-0.2, 0) is 4.79 Å². The topological polar surface area (TPSA) is 49.8 Å². The van der Waals surface area contributed by atoms with Gasteiger partial charge in [0.2, 0.25) is 0 Å². The Morgan fingerprint density at radius 1 is 1.25 bits per heavy atom. The van der Waals surface area contributed by atoms with Crippen molar-refractivity contribution in [3.05, 3.63) is 29.8 Å². The lowest BCUT2D eigenvalue weighted by molar-refractivity contribution is -0.143. The number of rotatable bonds is 5. The molecule has 1 aromatic carbocycles. The summed E-state index contributed by atoms with van der Waals surface area (Å²) in [6, 6.07) is 6.87. The van der Waals surface area contributed by atoms with Gasteiger partial charge in [-0.15, -0.1) is 0 Å². The van der Waals surface area contributed by atoms with Crippen molar-refractivity contribution in [3.8, 4) is 5.75 Å². The molecule has 1 heterocycles. The third-order valence-corrected chi connectivity index (χ3v) is 4.15. The Morgan fingerprint density at radius 3 is 2.35 bits per heavy atom. The van der Waals surface area contributed by atoms with E-state index in [4.69, 9.17) is 4.74 Å². The Kier molecular flexibility index (Phi) is 5.31. The van der Waals surface area contributed by atoms with E-state index in [-0.39, 0.29) is 6.10 Å². The molecule has 1 saturated heterocycles. The highest BCUT2D eigenvalue weighted by Crippen LogP contribution is 2.26. The first kappa shape index (κ1) is 15.2. The van der Waals surface area contributed by atoms with Gasteiger partial charge < -0.3 is 9.84 Å². The van der Waals surface area contributed by atoms with Crippen LogP contribution in [0.15, 0.2) is 24.3 Å². The van der Waals surface area contributed by atoms with Crippen molar-refractivity contribution in [1.82, 2.24) is 4.90 Å². The number of benzene rings is 1. The summed E-state index contributed by atoms with van der Waals surface area (Å²) in [5.41, 5.74) is 0.820. The molecule has 110 valence electrons. The van der Waals surface area contributed by atoms with Crippen LogP contribution in [0.5, 0.6) is 5.75 Å². The SMILES string of the molecule is CC(C)Oc1ccc(C(C(=O)O)N2CCSCC2)cc1. The van der Waals surface area contributed by atoms with E-state index in [9.17, 15) is 9.90 Å². The second-order valence-corrected chi connectivity index (χ2v) is 6.35.